The first-order valence-corrected chi connectivity index (χ1v) is 3.25. The summed E-state index contributed by atoms with van der Waals surface area (Å²) in [5.74, 6) is -0.637. The third-order valence-electron chi connectivity index (χ3n) is 1.43. The highest BCUT2D eigenvalue weighted by Crippen LogP contribution is 2.05. The molecule has 1 rings (SSSR count). The van der Waals surface area contributed by atoms with Crippen molar-refractivity contribution in [3.05, 3.63) is 29.3 Å². The molecular formula is C8H8FNO. The maximum atomic E-state index is 12.4. The van der Waals surface area contributed by atoms with E-state index in [2.05, 4.69) is 4.98 Å². The number of ketones is 1. The van der Waals surface area contributed by atoms with Gasteiger partial charge in [-0.05, 0) is 26.0 Å². The Hall–Kier alpha value is -1.25. The number of Topliss-reactive ketones (excluding diaryl/α,β-unsaturated/α-hetero) is 1. The first kappa shape index (κ1) is 7.85. The van der Waals surface area contributed by atoms with Crippen molar-refractivity contribution in [3.63, 3.8) is 0 Å². The topological polar surface area (TPSA) is 30.0 Å². The van der Waals surface area contributed by atoms with Gasteiger partial charge in [-0.1, -0.05) is 0 Å². The number of nitrogens with zero attached hydrogens (tertiary/aromatic N) is 1. The van der Waals surface area contributed by atoms with Crippen LogP contribution in [0.1, 0.15) is 23.0 Å². The molecule has 0 bridgehead atoms. The largest absolute Gasteiger partial charge is 0.294 e. The Kier molecular flexibility index (Phi) is 1.98. The van der Waals surface area contributed by atoms with Crippen molar-refractivity contribution in [2.24, 2.45) is 0 Å². The molecule has 1 aromatic rings. The van der Waals surface area contributed by atoms with Gasteiger partial charge in [-0.2, -0.15) is 4.39 Å². The molecular weight excluding hydrogens is 145 g/mol. The van der Waals surface area contributed by atoms with Crippen molar-refractivity contribution in [2.45, 2.75) is 13.8 Å². The van der Waals surface area contributed by atoms with Crippen LogP contribution in [0.3, 0.4) is 0 Å². The minimum absolute atomic E-state index is 0.0880. The molecule has 0 aliphatic heterocycles. The molecule has 0 saturated heterocycles. The SMILES string of the molecule is CC(=O)c1ccc(F)nc1C. The van der Waals surface area contributed by atoms with Crippen LogP contribution in [0, 0.1) is 12.9 Å². The molecule has 0 saturated carbocycles. The fraction of sp³-hybridized carbons (Fsp3) is 0.250. The lowest BCUT2D eigenvalue weighted by Gasteiger charge is -1.98. The number of pyridine rings is 1. The zero-order valence-electron chi connectivity index (χ0n) is 6.39. The molecule has 1 heterocycles. The smallest absolute Gasteiger partial charge is 0.213 e. The lowest BCUT2D eigenvalue weighted by Crippen LogP contribution is -1.99. The van der Waals surface area contributed by atoms with Gasteiger partial charge in [0.25, 0.3) is 0 Å². The lowest BCUT2D eigenvalue weighted by atomic mass is 10.1. The number of rotatable bonds is 1. The Morgan fingerprint density at radius 1 is 1.55 bits per heavy atom. The highest BCUT2D eigenvalue weighted by atomic mass is 19.1. The normalized spacial score (nSPS) is 9.73. The van der Waals surface area contributed by atoms with Crippen molar-refractivity contribution < 1.29 is 9.18 Å². The molecule has 0 atom stereocenters. The summed E-state index contributed by atoms with van der Waals surface area (Å²) in [6.07, 6.45) is 0. The number of halogens is 1. The molecule has 0 aromatic carbocycles. The summed E-state index contributed by atoms with van der Waals surface area (Å²) in [6, 6.07) is 2.63. The predicted octanol–water partition coefficient (Wildman–Crippen LogP) is 1.73. The Bertz CT molecular complexity index is 296. The van der Waals surface area contributed by atoms with Crippen LogP contribution in [0.4, 0.5) is 4.39 Å². The second-order valence-corrected chi connectivity index (χ2v) is 2.32. The maximum absolute atomic E-state index is 12.4. The van der Waals surface area contributed by atoms with Gasteiger partial charge in [0, 0.05) is 5.56 Å². The van der Waals surface area contributed by atoms with Crippen molar-refractivity contribution in [1.29, 1.82) is 0 Å². The van der Waals surface area contributed by atoms with Crippen LogP contribution in [0.15, 0.2) is 12.1 Å². The molecule has 0 radical (unpaired) electrons. The monoisotopic (exact) mass is 153 g/mol. The van der Waals surface area contributed by atoms with Crippen LogP contribution >= 0.6 is 0 Å². The minimum atomic E-state index is -0.549. The van der Waals surface area contributed by atoms with Gasteiger partial charge in [-0.15, -0.1) is 0 Å². The highest BCUT2D eigenvalue weighted by Gasteiger charge is 2.04. The maximum Gasteiger partial charge on any atom is 0.213 e. The molecule has 2 nitrogen and oxygen atoms in total. The van der Waals surface area contributed by atoms with Gasteiger partial charge in [0.05, 0.1) is 5.69 Å². The Labute approximate surface area is 64.1 Å². The molecule has 3 heteroatoms. The number of carbonyl (C=O) groups excluding carboxylic acids is 1. The summed E-state index contributed by atoms with van der Waals surface area (Å²) < 4.78 is 12.4. The average molecular weight is 153 g/mol. The molecule has 0 amide bonds. The van der Waals surface area contributed by atoms with E-state index < -0.39 is 5.95 Å². The molecule has 11 heavy (non-hydrogen) atoms. The summed E-state index contributed by atoms with van der Waals surface area (Å²) >= 11 is 0. The fourth-order valence-corrected chi connectivity index (χ4v) is 0.903. The van der Waals surface area contributed by atoms with E-state index in [4.69, 9.17) is 0 Å². The molecule has 0 N–H and O–H groups in total. The van der Waals surface area contributed by atoms with Crippen LogP contribution in [-0.2, 0) is 0 Å². The Morgan fingerprint density at radius 2 is 2.18 bits per heavy atom. The molecule has 0 spiro atoms. The van der Waals surface area contributed by atoms with Gasteiger partial charge >= 0.3 is 0 Å². The first-order valence-electron chi connectivity index (χ1n) is 3.25. The van der Waals surface area contributed by atoms with E-state index in [1.54, 1.807) is 6.92 Å². The van der Waals surface area contributed by atoms with E-state index in [0.717, 1.165) is 0 Å². The summed E-state index contributed by atoms with van der Waals surface area (Å²) in [5, 5.41) is 0. The average Bonchev–Trinajstić information content (AvgIpc) is 1.85. The van der Waals surface area contributed by atoms with E-state index in [0.29, 0.717) is 11.3 Å². The van der Waals surface area contributed by atoms with Gasteiger partial charge < -0.3 is 0 Å². The van der Waals surface area contributed by atoms with Crippen LogP contribution in [0.25, 0.3) is 0 Å². The first-order chi connectivity index (χ1) is 5.11. The lowest BCUT2D eigenvalue weighted by molar-refractivity contribution is 0.101. The van der Waals surface area contributed by atoms with E-state index in [1.807, 2.05) is 0 Å². The van der Waals surface area contributed by atoms with Gasteiger partial charge in [-0.25, -0.2) is 4.98 Å². The predicted molar refractivity (Wildman–Crippen MR) is 38.9 cm³/mol. The van der Waals surface area contributed by atoms with Gasteiger partial charge in [-0.3, -0.25) is 4.79 Å². The van der Waals surface area contributed by atoms with E-state index in [9.17, 15) is 9.18 Å². The van der Waals surface area contributed by atoms with Crippen molar-refractivity contribution >= 4 is 5.78 Å². The molecule has 0 fully saturated rings. The van der Waals surface area contributed by atoms with E-state index >= 15 is 0 Å². The van der Waals surface area contributed by atoms with Gasteiger partial charge in [0.2, 0.25) is 5.95 Å². The van der Waals surface area contributed by atoms with Crippen molar-refractivity contribution in [3.8, 4) is 0 Å². The number of carbonyl (C=O) groups is 1. The minimum Gasteiger partial charge on any atom is -0.294 e. The summed E-state index contributed by atoms with van der Waals surface area (Å²) in [5.41, 5.74) is 0.920. The Balaban J connectivity index is 3.20. The second kappa shape index (κ2) is 2.78. The number of aryl methyl sites for hydroxylation is 1. The summed E-state index contributed by atoms with van der Waals surface area (Å²) in [6.45, 7) is 3.04. The Morgan fingerprint density at radius 3 is 2.64 bits per heavy atom. The second-order valence-electron chi connectivity index (χ2n) is 2.32. The molecule has 0 aliphatic carbocycles. The van der Waals surface area contributed by atoms with Crippen LogP contribution in [-0.4, -0.2) is 10.8 Å². The molecule has 1 aromatic heterocycles. The number of hydrogen-bond donors (Lipinski definition) is 0. The quantitative estimate of drug-likeness (QED) is 0.454. The zero-order chi connectivity index (χ0) is 8.43. The van der Waals surface area contributed by atoms with Crippen LogP contribution < -0.4 is 0 Å². The van der Waals surface area contributed by atoms with Crippen molar-refractivity contribution in [2.75, 3.05) is 0 Å². The fourth-order valence-electron chi connectivity index (χ4n) is 0.903. The van der Waals surface area contributed by atoms with Crippen LogP contribution in [0.5, 0.6) is 0 Å². The molecule has 58 valence electrons. The van der Waals surface area contributed by atoms with Gasteiger partial charge in [0.1, 0.15) is 0 Å². The van der Waals surface area contributed by atoms with Crippen LogP contribution in [0.2, 0.25) is 0 Å². The standard InChI is InChI=1S/C8H8FNO/c1-5-7(6(2)11)3-4-8(9)10-5/h3-4H,1-2H3. The van der Waals surface area contributed by atoms with E-state index in [-0.39, 0.29) is 5.78 Å². The zero-order valence-corrected chi connectivity index (χ0v) is 6.39. The van der Waals surface area contributed by atoms with Gasteiger partial charge in [0.15, 0.2) is 5.78 Å². The molecule has 0 aliphatic rings. The van der Waals surface area contributed by atoms with Crippen molar-refractivity contribution in [1.82, 2.24) is 4.98 Å². The molecule has 0 unspecified atom stereocenters. The highest BCUT2D eigenvalue weighted by molar-refractivity contribution is 5.94. The summed E-state index contributed by atoms with van der Waals surface area (Å²) in [4.78, 5) is 14.3. The third-order valence-corrected chi connectivity index (χ3v) is 1.43. The van der Waals surface area contributed by atoms with E-state index in [1.165, 1.54) is 19.1 Å². The third kappa shape index (κ3) is 1.61. The summed E-state index contributed by atoms with van der Waals surface area (Å²) in [7, 11) is 0. The number of hydrogen-bond acceptors (Lipinski definition) is 2. The number of aromatic nitrogens is 1.